The molecular weight excluding hydrogens is 749 g/mol. The first-order chi connectivity index (χ1) is 28.3. The van der Waals surface area contributed by atoms with Crippen LogP contribution in [0.4, 0.5) is 11.4 Å². The number of rotatable bonds is 5. The van der Waals surface area contributed by atoms with Crippen molar-refractivity contribution in [2.45, 2.75) is 127 Å². The van der Waals surface area contributed by atoms with E-state index in [-0.39, 0.29) is 27.1 Å². The van der Waals surface area contributed by atoms with Crippen LogP contribution in [-0.4, -0.2) is 25.8 Å². The second kappa shape index (κ2) is 14.3. The first kappa shape index (κ1) is 42.1. The summed E-state index contributed by atoms with van der Waals surface area (Å²) in [6.07, 6.45) is 0. The zero-order chi connectivity index (χ0) is 44.2. The van der Waals surface area contributed by atoms with Gasteiger partial charge in [-0.15, -0.1) is 5.10 Å². The minimum Gasteiger partial charge on any atom is -0.457 e. The largest absolute Gasteiger partial charge is 0.457 e. The van der Waals surface area contributed by atoms with E-state index in [0.717, 1.165) is 50.3 Å². The summed E-state index contributed by atoms with van der Waals surface area (Å²) in [5.74, 6) is 2.19. The van der Waals surface area contributed by atoms with Gasteiger partial charge in [0.25, 0.3) is 5.95 Å². The number of hydrogen-bond acceptors (Lipinski definition) is 5. The van der Waals surface area contributed by atoms with Crippen LogP contribution in [0.3, 0.4) is 0 Å². The molecule has 0 spiro atoms. The highest BCUT2D eigenvalue weighted by molar-refractivity contribution is 6.09. The third-order valence-electron chi connectivity index (χ3n) is 12.1. The van der Waals surface area contributed by atoms with Crippen molar-refractivity contribution in [3.05, 3.63) is 131 Å². The molecule has 0 bridgehead atoms. The third-order valence-corrected chi connectivity index (χ3v) is 12.1. The number of nitrogens with zero attached hydrogens (tertiary/aromatic N) is 6. The maximum absolute atomic E-state index is 7.00. The maximum atomic E-state index is 7.00. The fourth-order valence-corrected chi connectivity index (χ4v) is 8.83. The number of aryl methyl sites for hydroxylation is 1. The monoisotopic (exact) mass is 815 g/mol. The van der Waals surface area contributed by atoms with E-state index in [0.29, 0.717) is 12.6 Å². The summed E-state index contributed by atoms with van der Waals surface area (Å²) in [7, 11) is 0. The number of aromatic nitrogens is 4. The van der Waals surface area contributed by atoms with E-state index in [4.69, 9.17) is 14.8 Å². The van der Waals surface area contributed by atoms with Gasteiger partial charge < -0.3 is 14.5 Å². The Morgan fingerprint density at radius 1 is 0.492 bits per heavy atom. The van der Waals surface area contributed by atoms with Crippen molar-refractivity contribution in [3.8, 4) is 17.4 Å². The molecule has 0 aliphatic carbocycles. The molecule has 0 fully saturated rings. The zero-order valence-electron chi connectivity index (χ0n) is 39.5. The van der Waals surface area contributed by atoms with Crippen LogP contribution in [0.2, 0.25) is 0 Å². The molecule has 4 heterocycles. The van der Waals surface area contributed by atoms with Gasteiger partial charge in [0.15, 0.2) is 5.65 Å². The zero-order valence-corrected chi connectivity index (χ0v) is 39.5. The highest BCUT2D eigenvalue weighted by atomic mass is 16.5. The van der Waals surface area contributed by atoms with Gasteiger partial charge in [-0.1, -0.05) is 134 Å². The van der Waals surface area contributed by atoms with Crippen LogP contribution >= 0.6 is 0 Å². The number of fused-ring (bicyclic) bond motifs is 4. The quantitative estimate of drug-likeness (QED) is 0.173. The van der Waals surface area contributed by atoms with Gasteiger partial charge in [-0.2, -0.15) is 4.98 Å². The fraction of sp³-hybridized carbons (Fsp3) is 0.407. The molecule has 0 saturated heterocycles. The Kier molecular flexibility index (Phi) is 9.85. The van der Waals surface area contributed by atoms with Crippen molar-refractivity contribution < 1.29 is 4.74 Å². The molecule has 0 amide bonds. The van der Waals surface area contributed by atoms with Crippen molar-refractivity contribution in [3.63, 3.8) is 0 Å². The normalized spacial score (nSPS) is 14.7. The first-order valence-electron chi connectivity index (χ1n) is 21.9. The Labute approximate surface area is 364 Å². The highest BCUT2D eigenvalue weighted by Crippen LogP contribution is 2.50. The molecule has 1 aliphatic heterocycles. The van der Waals surface area contributed by atoms with Crippen molar-refractivity contribution in [1.29, 1.82) is 0 Å². The van der Waals surface area contributed by atoms with Crippen LogP contribution in [0.5, 0.6) is 11.5 Å². The van der Waals surface area contributed by atoms with Gasteiger partial charge in [-0.05, 0) is 94.5 Å². The van der Waals surface area contributed by atoms with Crippen LogP contribution in [0, 0.1) is 17.8 Å². The number of para-hydroxylation sites is 1. The first-order valence-corrected chi connectivity index (χ1v) is 21.9. The number of pyridine rings is 1. The van der Waals surface area contributed by atoms with Gasteiger partial charge >= 0.3 is 0 Å². The summed E-state index contributed by atoms with van der Waals surface area (Å²) < 4.78 is 11.1. The molecule has 0 unspecified atom stereocenters. The predicted octanol–water partition coefficient (Wildman–Crippen LogP) is 14.4. The summed E-state index contributed by atoms with van der Waals surface area (Å²) in [6, 6.07) is 35.1. The molecule has 7 aromatic rings. The lowest BCUT2D eigenvalue weighted by Crippen LogP contribution is -2.32. The van der Waals surface area contributed by atoms with Crippen molar-refractivity contribution in [1.82, 2.24) is 19.2 Å². The van der Waals surface area contributed by atoms with E-state index in [1.165, 1.54) is 33.8 Å². The summed E-state index contributed by atoms with van der Waals surface area (Å²) >= 11 is 0. The number of anilines is 2. The van der Waals surface area contributed by atoms with Gasteiger partial charge in [0, 0.05) is 62.2 Å². The summed E-state index contributed by atoms with van der Waals surface area (Å²) in [5, 5.41) is 7.26. The fourth-order valence-electron chi connectivity index (χ4n) is 8.83. The Balaban J connectivity index is 1.28. The average molecular weight is 815 g/mol. The summed E-state index contributed by atoms with van der Waals surface area (Å²) in [6.45, 7) is 37.7. The molecule has 318 valence electrons. The predicted molar refractivity (Wildman–Crippen MR) is 257 cm³/mol. The molecule has 7 nitrogen and oxygen atoms in total. The lowest BCUT2D eigenvalue weighted by Gasteiger charge is -2.35. The summed E-state index contributed by atoms with van der Waals surface area (Å²) in [4.78, 5) is 10.1. The number of benzene rings is 4. The Morgan fingerprint density at radius 3 is 1.59 bits per heavy atom. The lowest BCUT2D eigenvalue weighted by atomic mass is 9.79. The third kappa shape index (κ3) is 7.81. The maximum Gasteiger partial charge on any atom is 0.254 e. The van der Waals surface area contributed by atoms with Crippen LogP contribution in [-0.2, 0) is 16.2 Å². The van der Waals surface area contributed by atoms with Crippen molar-refractivity contribution in [2.24, 2.45) is 10.8 Å². The van der Waals surface area contributed by atoms with E-state index < -0.39 is 0 Å². The SMILES string of the molecule is Cc1cccc2nc(-n3c4ccccc4c4ccc(Oc5cc(N6CN(c7cc(C(C)(C)C)cc(C(C)(C)C)c7)C(C(C)(C)C)=C6C(C)(C)C)cc(C(C)(C)C)c5)cc43)nn12. The number of ether oxygens (including phenoxy) is 1. The molecule has 61 heavy (non-hydrogen) atoms. The minimum absolute atomic E-state index is 0.000863. The van der Waals surface area contributed by atoms with Crippen LogP contribution < -0.4 is 14.5 Å². The van der Waals surface area contributed by atoms with E-state index in [9.17, 15) is 0 Å². The van der Waals surface area contributed by atoms with Gasteiger partial charge in [-0.25, -0.2) is 4.52 Å². The Morgan fingerprint density at radius 2 is 1.03 bits per heavy atom. The molecule has 0 atom stereocenters. The van der Waals surface area contributed by atoms with Gasteiger partial charge in [0.05, 0.1) is 17.7 Å². The standard InChI is InChI=1S/C54H66N6O/c1-34-20-19-23-46-55-49(56-60(34)46)59-44-22-18-17-21-42(44)43-25-24-40(32-45(43)59)61-41-30-37(52(8,9)10)29-39(31-41)58-33-57(47(53(11,12)13)48(58)54(14,15)16)38-27-35(50(2,3)4)26-36(28-38)51(5,6)7/h17-32H,33H2,1-16H3. The van der Waals surface area contributed by atoms with E-state index in [1.807, 2.05) is 16.6 Å². The van der Waals surface area contributed by atoms with Gasteiger partial charge in [-0.3, -0.25) is 4.57 Å². The second-order valence-electron chi connectivity index (χ2n) is 22.4. The van der Waals surface area contributed by atoms with Gasteiger partial charge in [0.1, 0.15) is 11.5 Å². The van der Waals surface area contributed by atoms with Crippen LogP contribution in [0.25, 0.3) is 33.4 Å². The minimum atomic E-state index is -0.159. The van der Waals surface area contributed by atoms with Crippen LogP contribution in [0.1, 0.15) is 126 Å². The molecule has 0 N–H and O–H groups in total. The van der Waals surface area contributed by atoms with E-state index in [1.54, 1.807) is 0 Å². The topological polar surface area (TPSA) is 50.8 Å². The van der Waals surface area contributed by atoms with Crippen molar-refractivity contribution >= 4 is 38.8 Å². The molecule has 0 saturated carbocycles. The van der Waals surface area contributed by atoms with E-state index in [2.05, 4.69) is 210 Å². The lowest BCUT2D eigenvalue weighted by molar-refractivity contribution is 0.444. The number of hydrogen-bond donors (Lipinski definition) is 0. The molecule has 0 radical (unpaired) electrons. The molecule has 3 aromatic heterocycles. The molecule has 7 heteroatoms. The highest BCUT2D eigenvalue weighted by Gasteiger charge is 2.42. The molecule has 4 aromatic carbocycles. The molecular formula is C54H66N6O. The summed E-state index contributed by atoms with van der Waals surface area (Å²) in [5.41, 5.74) is 12.4. The molecule has 1 aliphatic rings. The smallest absolute Gasteiger partial charge is 0.254 e. The number of allylic oxidation sites excluding steroid dienone is 2. The Hall–Kier alpha value is -5.56. The van der Waals surface area contributed by atoms with Crippen LogP contribution in [0.15, 0.2) is 108 Å². The van der Waals surface area contributed by atoms with Crippen molar-refractivity contribution in [2.75, 3.05) is 16.5 Å². The molecule has 8 rings (SSSR count). The Bertz CT molecular complexity index is 2820. The van der Waals surface area contributed by atoms with Gasteiger partial charge in [0.2, 0.25) is 0 Å². The second-order valence-corrected chi connectivity index (χ2v) is 22.4. The van der Waals surface area contributed by atoms with E-state index >= 15 is 0 Å². The average Bonchev–Trinajstić information content (AvgIpc) is 3.86.